The maximum Gasteiger partial charge on any atom is 0.320 e. The lowest BCUT2D eigenvalue weighted by Crippen LogP contribution is -2.45. The summed E-state index contributed by atoms with van der Waals surface area (Å²) in [5, 5.41) is 21.2. The molecule has 4 heteroatoms. The molecule has 4 nitrogen and oxygen atoms in total. The molecule has 0 heterocycles. The van der Waals surface area contributed by atoms with Crippen LogP contribution >= 0.6 is 0 Å². The number of carboxylic acids is 1. The van der Waals surface area contributed by atoms with Crippen LogP contribution < -0.4 is 5.32 Å². The first kappa shape index (κ1) is 13.4. The molecule has 0 aromatic carbocycles. The van der Waals surface area contributed by atoms with Crippen molar-refractivity contribution in [3.8, 4) is 0 Å². The molecule has 0 aromatic heterocycles. The third-order valence-corrected chi connectivity index (χ3v) is 2.25. The van der Waals surface area contributed by atoms with E-state index in [9.17, 15) is 9.90 Å². The Labute approximate surface area is 85.3 Å². The average Bonchev–Trinajstić information content (AvgIpc) is 2.02. The summed E-state index contributed by atoms with van der Waals surface area (Å²) in [5.41, 5.74) is 0. The molecule has 3 N–H and O–H groups in total. The molecule has 0 spiro atoms. The normalized spacial score (nSPS) is 15.9. The van der Waals surface area contributed by atoms with E-state index in [0.717, 1.165) is 0 Å². The van der Waals surface area contributed by atoms with Crippen LogP contribution in [0.4, 0.5) is 0 Å². The van der Waals surface area contributed by atoms with Crippen molar-refractivity contribution >= 4 is 5.97 Å². The molecule has 84 valence electrons. The summed E-state index contributed by atoms with van der Waals surface area (Å²) in [6.07, 6.45) is -0.490. The van der Waals surface area contributed by atoms with E-state index in [1.54, 1.807) is 0 Å². The summed E-state index contributed by atoms with van der Waals surface area (Å²) >= 11 is 0. The van der Waals surface area contributed by atoms with Gasteiger partial charge in [-0.1, -0.05) is 27.7 Å². The Morgan fingerprint density at radius 2 is 1.71 bits per heavy atom. The van der Waals surface area contributed by atoms with Crippen molar-refractivity contribution in [2.45, 2.75) is 39.8 Å². The monoisotopic (exact) mass is 203 g/mol. The summed E-state index contributed by atoms with van der Waals surface area (Å²) in [6, 6.07) is -0.580. The molecule has 0 saturated carbocycles. The number of aliphatic hydroxyl groups is 1. The highest BCUT2D eigenvalue weighted by atomic mass is 16.4. The highest BCUT2D eigenvalue weighted by molar-refractivity contribution is 5.73. The summed E-state index contributed by atoms with van der Waals surface area (Å²) in [4.78, 5) is 10.8. The van der Waals surface area contributed by atoms with E-state index >= 15 is 0 Å². The maximum atomic E-state index is 10.8. The van der Waals surface area contributed by atoms with Gasteiger partial charge in [0.25, 0.3) is 0 Å². The van der Waals surface area contributed by atoms with Gasteiger partial charge in [-0.25, -0.2) is 0 Å². The molecule has 0 bridgehead atoms. The van der Waals surface area contributed by atoms with Crippen LogP contribution in [0, 0.1) is 11.8 Å². The van der Waals surface area contributed by atoms with Gasteiger partial charge in [-0.3, -0.25) is 4.79 Å². The molecule has 0 rings (SSSR count). The molecule has 0 aliphatic heterocycles. The predicted octanol–water partition coefficient (Wildman–Crippen LogP) is 0.702. The molecule has 0 radical (unpaired) electrons. The van der Waals surface area contributed by atoms with Gasteiger partial charge in [-0.2, -0.15) is 0 Å². The van der Waals surface area contributed by atoms with Crippen LogP contribution in [0.25, 0.3) is 0 Å². The molecule has 2 atom stereocenters. The first-order chi connectivity index (χ1) is 6.36. The zero-order valence-corrected chi connectivity index (χ0v) is 9.32. The third kappa shape index (κ3) is 4.58. The van der Waals surface area contributed by atoms with E-state index in [2.05, 4.69) is 5.32 Å². The minimum absolute atomic E-state index is 0.0202. The van der Waals surface area contributed by atoms with Crippen molar-refractivity contribution in [2.24, 2.45) is 11.8 Å². The van der Waals surface area contributed by atoms with E-state index in [-0.39, 0.29) is 11.8 Å². The number of carboxylic acid groups (broad SMARTS) is 1. The smallest absolute Gasteiger partial charge is 0.320 e. The predicted molar refractivity (Wildman–Crippen MR) is 55.1 cm³/mol. The van der Waals surface area contributed by atoms with Crippen LogP contribution in [0.5, 0.6) is 0 Å². The van der Waals surface area contributed by atoms with Crippen molar-refractivity contribution in [3.63, 3.8) is 0 Å². The van der Waals surface area contributed by atoms with Gasteiger partial charge >= 0.3 is 5.97 Å². The Bertz CT molecular complexity index is 180. The third-order valence-electron chi connectivity index (χ3n) is 2.25. The Morgan fingerprint density at radius 1 is 1.21 bits per heavy atom. The van der Waals surface area contributed by atoms with E-state index in [0.29, 0.717) is 6.54 Å². The van der Waals surface area contributed by atoms with Gasteiger partial charge < -0.3 is 15.5 Å². The van der Waals surface area contributed by atoms with E-state index in [1.807, 2.05) is 27.7 Å². The van der Waals surface area contributed by atoms with Gasteiger partial charge in [0.05, 0.1) is 6.10 Å². The van der Waals surface area contributed by atoms with Crippen LogP contribution in [-0.4, -0.2) is 34.9 Å². The topological polar surface area (TPSA) is 69.6 Å². The summed E-state index contributed by atoms with van der Waals surface area (Å²) in [5.74, 6) is -0.702. The number of hydrogen-bond acceptors (Lipinski definition) is 3. The number of aliphatic carboxylic acids is 1. The maximum absolute atomic E-state index is 10.8. The van der Waals surface area contributed by atoms with Crippen LogP contribution in [0.15, 0.2) is 0 Å². The first-order valence-corrected chi connectivity index (χ1v) is 5.00. The molecule has 0 fully saturated rings. The van der Waals surface area contributed by atoms with Gasteiger partial charge in [0.1, 0.15) is 6.04 Å². The molecule has 0 aliphatic rings. The highest BCUT2D eigenvalue weighted by Gasteiger charge is 2.22. The fourth-order valence-corrected chi connectivity index (χ4v) is 1.09. The SMILES string of the molecule is CC(C)C(O)CNC(C(=O)O)C(C)C. The standard InChI is InChI=1S/C10H21NO3/c1-6(2)8(12)5-11-9(7(3)4)10(13)14/h6-9,11-12H,5H2,1-4H3,(H,13,14). The van der Waals surface area contributed by atoms with E-state index in [1.165, 1.54) is 0 Å². The zero-order chi connectivity index (χ0) is 11.3. The van der Waals surface area contributed by atoms with Crippen molar-refractivity contribution in [3.05, 3.63) is 0 Å². The fraction of sp³-hybridized carbons (Fsp3) is 0.900. The largest absolute Gasteiger partial charge is 0.480 e. The zero-order valence-electron chi connectivity index (χ0n) is 9.32. The van der Waals surface area contributed by atoms with Crippen LogP contribution in [0.3, 0.4) is 0 Å². The summed E-state index contributed by atoms with van der Waals surface area (Å²) in [6.45, 7) is 7.81. The number of carbonyl (C=O) groups is 1. The lowest BCUT2D eigenvalue weighted by atomic mass is 10.0. The van der Waals surface area contributed by atoms with Gasteiger partial charge in [0.2, 0.25) is 0 Å². The van der Waals surface area contributed by atoms with E-state index < -0.39 is 18.1 Å². The molecule has 0 aromatic rings. The summed E-state index contributed by atoms with van der Waals surface area (Å²) < 4.78 is 0. The van der Waals surface area contributed by atoms with E-state index in [4.69, 9.17) is 5.11 Å². The van der Waals surface area contributed by atoms with Gasteiger partial charge in [-0.05, 0) is 11.8 Å². The Hall–Kier alpha value is -0.610. The van der Waals surface area contributed by atoms with Gasteiger partial charge in [-0.15, -0.1) is 0 Å². The number of aliphatic hydroxyl groups excluding tert-OH is 1. The Kier molecular flexibility index (Phi) is 5.72. The molecule has 0 saturated heterocycles. The lowest BCUT2D eigenvalue weighted by Gasteiger charge is -2.21. The molecule has 2 unspecified atom stereocenters. The Balaban J connectivity index is 4.01. The summed E-state index contributed by atoms with van der Waals surface area (Å²) in [7, 11) is 0. The molecular weight excluding hydrogens is 182 g/mol. The van der Waals surface area contributed by atoms with Gasteiger partial charge in [0, 0.05) is 6.54 Å². The number of nitrogens with one attached hydrogen (secondary N) is 1. The van der Waals surface area contributed by atoms with Crippen LogP contribution in [0.1, 0.15) is 27.7 Å². The minimum atomic E-state index is -0.865. The highest BCUT2D eigenvalue weighted by Crippen LogP contribution is 2.04. The first-order valence-electron chi connectivity index (χ1n) is 5.00. The van der Waals surface area contributed by atoms with Crippen LogP contribution in [0.2, 0.25) is 0 Å². The number of rotatable bonds is 6. The number of hydrogen-bond donors (Lipinski definition) is 3. The molecule has 14 heavy (non-hydrogen) atoms. The second-order valence-corrected chi connectivity index (χ2v) is 4.28. The van der Waals surface area contributed by atoms with Crippen LogP contribution in [-0.2, 0) is 4.79 Å². The molecule has 0 aliphatic carbocycles. The second kappa shape index (κ2) is 5.98. The second-order valence-electron chi connectivity index (χ2n) is 4.28. The fourth-order valence-electron chi connectivity index (χ4n) is 1.09. The minimum Gasteiger partial charge on any atom is -0.480 e. The quantitative estimate of drug-likeness (QED) is 0.594. The average molecular weight is 203 g/mol. The lowest BCUT2D eigenvalue weighted by molar-refractivity contribution is -0.140. The van der Waals surface area contributed by atoms with Crippen molar-refractivity contribution in [1.82, 2.24) is 5.32 Å². The molecular formula is C10H21NO3. The Morgan fingerprint density at radius 3 is 2.00 bits per heavy atom. The van der Waals surface area contributed by atoms with Crippen molar-refractivity contribution < 1.29 is 15.0 Å². The van der Waals surface area contributed by atoms with Gasteiger partial charge in [0.15, 0.2) is 0 Å². The van der Waals surface area contributed by atoms with Crippen molar-refractivity contribution in [1.29, 1.82) is 0 Å². The molecule has 0 amide bonds. The van der Waals surface area contributed by atoms with Crippen molar-refractivity contribution in [2.75, 3.05) is 6.54 Å².